The van der Waals surface area contributed by atoms with Crippen molar-refractivity contribution in [2.24, 2.45) is 11.7 Å². The van der Waals surface area contributed by atoms with Gasteiger partial charge in [0.25, 0.3) is 0 Å². The van der Waals surface area contributed by atoms with Gasteiger partial charge in [0.05, 0.1) is 18.6 Å². The van der Waals surface area contributed by atoms with Gasteiger partial charge in [-0.2, -0.15) is 0 Å². The van der Waals surface area contributed by atoms with E-state index in [0.29, 0.717) is 5.56 Å². The number of ketones is 1. The van der Waals surface area contributed by atoms with Crippen LogP contribution in [0.15, 0.2) is 24.3 Å². The Hall–Kier alpha value is -1.81. The molecule has 0 spiro atoms. The maximum Gasteiger partial charge on any atom is 0.239 e. The molecule has 4 N–H and O–H groups in total. The molecule has 154 valence electrons. The Morgan fingerprint density at radius 1 is 1.14 bits per heavy atom. The third-order valence-electron chi connectivity index (χ3n) is 4.60. The van der Waals surface area contributed by atoms with E-state index >= 15 is 0 Å². The molecule has 1 rings (SSSR count). The van der Waals surface area contributed by atoms with Crippen molar-refractivity contribution in [3.05, 3.63) is 35.4 Å². The molecule has 0 aliphatic heterocycles. The van der Waals surface area contributed by atoms with Gasteiger partial charge in [0.15, 0.2) is 9.57 Å². The molecule has 2 amide bonds. The van der Waals surface area contributed by atoms with Crippen LogP contribution in [-0.2, 0) is 14.4 Å². The van der Waals surface area contributed by atoms with Crippen LogP contribution in [0.3, 0.4) is 0 Å². The number of hydrogen-bond acceptors (Lipinski definition) is 5. The first kappa shape index (κ1) is 24.2. The van der Waals surface area contributed by atoms with E-state index in [1.807, 2.05) is 32.9 Å². The van der Waals surface area contributed by atoms with Crippen molar-refractivity contribution in [3.8, 4) is 0 Å². The van der Waals surface area contributed by atoms with E-state index in [4.69, 9.17) is 5.73 Å². The summed E-state index contributed by atoms with van der Waals surface area (Å²) in [6, 6.07) is 5.47. The fraction of sp³-hybridized carbons (Fsp3) is 0.500. The van der Waals surface area contributed by atoms with E-state index in [0.717, 1.165) is 12.0 Å². The van der Waals surface area contributed by atoms with Gasteiger partial charge in [-0.15, -0.1) is 0 Å². The zero-order chi connectivity index (χ0) is 21.3. The van der Waals surface area contributed by atoms with E-state index in [2.05, 4.69) is 10.6 Å². The quantitative estimate of drug-likeness (QED) is 0.243. The molecule has 0 fully saturated rings. The van der Waals surface area contributed by atoms with E-state index in [-0.39, 0.29) is 34.9 Å². The van der Waals surface area contributed by atoms with Gasteiger partial charge in [-0.25, -0.2) is 0 Å². The molecule has 3 atom stereocenters. The SMILES string of the molecule is CC[C@H](C)[C@H](N)C(=O)NCC(=O)N[C@@H](CCC(=O)I)C(=O)c1ccc(C)cc1. The number of amides is 2. The summed E-state index contributed by atoms with van der Waals surface area (Å²) in [5.74, 6) is -1.19. The number of benzene rings is 1. The lowest BCUT2D eigenvalue weighted by Crippen LogP contribution is -2.50. The number of hydrogen-bond donors (Lipinski definition) is 3. The number of nitrogens with one attached hydrogen (secondary N) is 2. The monoisotopic (exact) mass is 501 g/mol. The Labute approximate surface area is 179 Å². The Morgan fingerprint density at radius 2 is 1.75 bits per heavy atom. The molecular formula is C20H28IN3O4. The predicted molar refractivity (Wildman–Crippen MR) is 116 cm³/mol. The van der Waals surface area contributed by atoms with Crippen LogP contribution in [0.1, 0.15) is 49.0 Å². The highest BCUT2D eigenvalue weighted by Crippen LogP contribution is 2.11. The van der Waals surface area contributed by atoms with Crippen LogP contribution in [0.25, 0.3) is 0 Å². The molecule has 0 bridgehead atoms. The predicted octanol–water partition coefficient (Wildman–Crippen LogP) is 1.89. The highest BCUT2D eigenvalue weighted by molar-refractivity contribution is 14.1. The van der Waals surface area contributed by atoms with E-state index in [1.54, 1.807) is 34.7 Å². The maximum absolute atomic E-state index is 12.7. The average molecular weight is 501 g/mol. The summed E-state index contributed by atoms with van der Waals surface area (Å²) in [5, 5.41) is 5.12. The van der Waals surface area contributed by atoms with Crippen molar-refractivity contribution in [3.63, 3.8) is 0 Å². The second-order valence-electron chi connectivity index (χ2n) is 6.87. The molecule has 1 aromatic rings. The third-order valence-corrected chi connectivity index (χ3v) is 5.14. The largest absolute Gasteiger partial charge is 0.346 e. The van der Waals surface area contributed by atoms with Gasteiger partial charge in [-0.05, 0) is 41.9 Å². The Balaban J connectivity index is 2.73. The fourth-order valence-electron chi connectivity index (χ4n) is 2.49. The molecule has 0 aliphatic rings. The Morgan fingerprint density at radius 3 is 2.29 bits per heavy atom. The molecule has 0 unspecified atom stereocenters. The van der Waals surface area contributed by atoms with Crippen molar-refractivity contribution in [2.75, 3.05) is 6.54 Å². The number of Topliss-reactive ketones (excluding diaryl/α,β-unsaturated/α-hetero) is 1. The molecule has 8 heteroatoms. The normalized spacial score (nSPS) is 13.9. The van der Waals surface area contributed by atoms with E-state index in [1.165, 1.54) is 0 Å². The summed E-state index contributed by atoms with van der Waals surface area (Å²) >= 11 is 1.66. The average Bonchev–Trinajstić information content (AvgIpc) is 2.67. The molecule has 0 aromatic heterocycles. The lowest BCUT2D eigenvalue weighted by Gasteiger charge is -2.19. The first-order chi connectivity index (χ1) is 13.1. The van der Waals surface area contributed by atoms with E-state index in [9.17, 15) is 19.2 Å². The van der Waals surface area contributed by atoms with Crippen LogP contribution in [-0.4, -0.2) is 40.0 Å². The maximum atomic E-state index is 12.7. The van der Waals surface area contributed by atoms with Gasteiger partial charge in [0.2, 0.25) is 11.8 Å². The lowest BCUT2D eigenvalue weighted by atomic mass is 9.99. The number of carbonyl (C=O) groups is 4. The minimum atomic E-state index is -0.839. The van der Waals surface area contributed by atoms with Crippen molar-refractivity contribution in [1.29, 1.82) is 0 Å². The summed E-state index contributed by atoms with van der Waals surface area (Å²) < 4.78 is -0.0959. The second kappa shape index (κ2) is 11.9. The first-order valence-electron chi connectivity index (χ1n) is 9.27. The zero-order valence-corrected chi connectivity index (χ0v) is 18.6. The molecule has 0 radical (unpaired) electrons. The van der Waals surface area contributed by atoms with Crippen molar-refractivity contribution < 1.29 is 19.2 Å². The highest BCUT2D eigenvalue weighted by atomic mass is 127. The number of rotatable bonds is 11. The minimum absolute atomic E-state index is 0.00593. The molecule has 0 saturated heterocycles. The smallest absolute Gasteiger partial charge is 0.239 e. The Kier molecular flexibility index (Phi) is 10.3. The van der Waals surface area contributed by atoms with Gasteiger partial charge in [-0.3, -0.25) is 19.2 Å². The van der Waals surface area contributed by atoms with Crippen LogP contribution < -0.4 is 16.4 Å². The van der Waals surface area contributed by atoms with Crippen molar-refractivity contribution >= 4 is 44.0 Å². The molecule has 28 heavy (non-hydrogen) atoms. The summed E-state index contributed by atoms with van der Waals surface area (Å²) in [6.07, 6.45) is 1.10. The summed E-state index contributed by atoms with van der Waals surface area (Å²) in [5.41, 5.74) is 7.31. The van der Waals surface area contributed by atoms with Crippen molar-refractivity contribution in [2.45, 2.75) is 52.1 Å². The molecular weight excluding hydrogens is 473 g/mol. The van der Waals surface area contributed by atoms with Gasteiger partial charge < -0.3 is 16.4 Å². The molecule has 7 nitrogen and oxygen atoms in total. The topological polar surface area (TPSA) is 118 Å². The van der Waals surface area contributed by atoms with Crippen LogP contribution in [0.2, 0.25) is 0 Å². The molecule has 0 aliphatic carbocycles. The fourth-order valence-corrected chi connectivity index (χ4v) is 2.80. The number of halogens is 1. The van der Waals surface area contributed by atoms with Gasteiger partial charge in [0.1, 0.15) is 0 Å². The molecule has 1 aromatic carbocycles. The van der Waals surface area contributed by atoms with Crippen molar-refractivity contribution in [1.82, 2.24) is 10.6 Å². The lowest BCUT2D eigenvalue weighted by molar-refractivity contribution is -0.127. The van der Waals surface area contributed by atoms with Crippen LogP contribution in [0.4, 0.5) is 0 Å². The van der Waals surface area contributed by atoms with E-state index < -0.39 is 23.9 Å². The van der Waals surface area contributed by atoms with Crippen LogP contribution in [0, 0.1) is 12.8 Å². The standard InChI is InChI=1S/C20H28IN3O4/c1-4-13(3)18(22)20(28)23-11-17(26)24-15(9-10-16(21)25)19(27)14-7-5-12(2)6-8-14/h5-8,13,15,18H,4,9-11,22H2,1-3H3,(H,23,28)(H,24,26)/t13-,15-,18-/m0/s1. The number of carbonyl (C=O) groups excluding carboxylic acids is 4. The summed E-state index contributed by atoms with van der Waals surface area (Å²) in [6.45, 7) is 5.43. The highest BCUT2D eigenvalue weighted by Gasteiger charge is 2.24. The number of nitrogens with two attached hydrogens (primary N) is 1. The zero-order valence-electron chi connectivity index (χ0n) is 16.5. The molecule has 0 saturated carbocycles. The van der Waals surface area contributed by atoms with Gasteiger partial charge in [-0.1, -0.05) is 50.1 Å². The second-order valence-corrected chi connectivity index (χ2v) is 8.08. The molecule has 0 heterocycles. The van der Waals surface area contributed by atoms with Crippen LogP contribution in [0.5, 0.6) is 0 Å². The van der Waals surface area contributed by atoms with Gasteiger partial charge >= 0.3 is 0 Å². The van der Waals surface area contributed by atoms with Gasteiger partial charge in [0, 0.05) is 12.0 Å². The third kappa shape index (κ3) is 8.05. The first-order valence-corrected chi connectivity index (χ1v) is 10.3. The Bertz CT molecular complexity index is 706. The summed E-state index contributed by atoms with van der Waals surface area (Å²) in [7, 11) is 0. The number of aryl methyl sites for hydroxylation is 1. The minimum Gasteiger partial charge on any atom is -0.346 e. The van der Waals surface area contributed by atoms with Crippen LogP contribution >= 0.6 is 22.6 Å². The summed E-state index contributed by atoms with van der Waals surface area (Å²) in [4.78, 5) is 48.3.